The highest BCUT2D eigenvalue weighted by molar-refractivity contribution is 5.80. The van der Waals surface area contributed by atoms with E-state index in [4.69, 9.17) is 9.41 Å². The predicted octanol–water partition coefficient (Wildman–Crippen LogP) is 1.38. The molecule has 3 rings (SSSR count). The molecule has 27 heavy (non-hydrogen) atoms. The van der Waals surface area contributed by atoms with E-state index in [1.807, 2.05) is 6.07 Å². The third-order valence-corrected chi connectivity index (χ3v) is 4.65. The molecule has 0 radical (unpaired) electrons. The van der Waals surface area contributed by atoms with E-state index < -0.39 is 0 Å². The normalized spacial score (nSPS) is 15.8. The van der Waals surface area contributed by atoms with Gasteiger partial charge in [-0.05, 0) is 37.8 Å². The third-order valence-electron chi connectivity index (χ3n) is 4.65. The molecule has 0 bridgehead atoms. The Bertz CT molecular complexity index is 746. The maximum absolute atomic E-state index is 11.6. The maximum Gasteiger partial charge on any atom is 0.220 e. The topological polar surface area (TPSA) is 111 Å². The van der Waals surface area contributed by atoms with Crippen LogP contribution < -0.4 is 10.6 Å². The molecule has 2 aromatic heterocycles. The molecule has 3 N–H and O–H groups in total. The van der Waals surface area contributed by atoms with Crippen LogP contribution in [0.1, 0.15) is 32.0 Å². The third kappa shape index (κ3) is 5.08. The average molecular weight is 373 g/mol. The molecule has 0 saturated carbocycles. The van der Waals surface area contributed by atoms with E-state index in [0.29, 0.717) is 36.3 Å². The Morgan fingerprint density at radius 1 is 1.44 bits per heavy atom. The first-order valence-corrected chi connectivity index (χ1v) is 9.38. The van der Waals surface area contributed by atoms with Gasteiger partial charge in [-0.25, -0.2) is 9.98 Å². The molecule has 1 aliphatic rings. The van der Waals surface area contributed by atoms with Crippen molar-refractivity contribution in [3.05, 3.63) is 24.2 Å². The summed E-state index contributed by atoms with van der Waals surface area (Å²) in [6.45, 7) is 5.04. The van der Waals surface area contributed by atoms with Crippen molar-refractivity contribution in [2.24, 2.45) is 10.9 Å². The van der Waals surface area contributed by atoms with Crippen LogP contribution in [0.15, 0.2) is 27.8 Å². The van der Waals surface area contributed by atoms with Crippen molar-refractivity contribution in [3.8, 4) is 11.6 Å². The van der Waals surface area contributed by atoms with Crippen molar-refractivity contribution >= 4 is 11.9 Å². The van der Waals surface area contributed by atoms with Gasteiger partial charge < -0.3 is 20.0 Å². The summed E-state index contributed by atoms with van der Waals surface area (Å²) in [6, 6.07) is 3.63. The molecular weight excluding hydrogens is 346 g/mol. The van der Waals surface area contributed by atoms with Crippen molar-refractivity contribution in [2.45, 2.75) is 32.7 Å². The number of aliphatic imine (C=N–C) groups is 1. The number of H-pyrrole nitrogens is 1. The largest absolute Gasteiger partial charge is 0.461 e. The fourth-order valence-corrected chi connectivity index (χ4v) is 3.17. The average Bonchev–Trinajstić information content (AvgIpc) is 3.37. The summed E-state index contributed by atoms with van der Waals surface area (Å²) in [4.78, 5) is 22.9. The van der Waals surface area contributed by atoms with Gasteiger partial charge in [0.1, 0.15) is 12.4 Å². The molecule has 9 heteroatoms. The first kappa shape index (κ1) is 18.9. The standard InChI is InChI=1S/C18H27N7O2/c1-3-20-18(25-8-6-13(7-9-25)11-16(26)19-2)21-12-15-22-17(24-23-15)14-5-4-10-27-14/h4-5,10,13H,3,6-9,11-12H2,1-2H3,(H,19,26)(H,20,21)(H,22,23,24). The van der Waals surface area contributed by atoms with E-state index in [1.54, 1.807) is 19.4 Å². The Labute approximate surface area is 158 Å². The number of guanidine groups is 1. The van der Waals surface area contributed by atoms with Crippen LogP contribution >= 0.6 is 0 Å². The first-order valence-electron chi connectivity index (χ1n) is 9.38. The smallest absolute Gasteiger partial charge is 0.220 e. The number of likely N-dealkylation sites (tertiary alicyclic amines) is 1. The van der Waals surface area contributed by atoms with Crippen LogP contribution in [0.3, 0.4) is 0 Å². The number of carbonyl (C=O) groups is 1. The molecule has 0 spiro atoms. The van der Waals surface area contributed by atoms with Gasteiger partial charge in [0, 0.05) is 33.1 Å². The maximum atomic E-state index is 11.6. The van der Waals surface area contributed by atoms with E-state index in [9.17, 15) is 4.79 Å². The van der Waals surface area contributed by atoms with Gasteiger partial charge in [-0.1, -0.05) is 0 Å². The molecule has 1 fully saturated rings. The monoisotopic (exact) mass is 373 g/mol. The Morgan fingerprint density at radius 2 is 2.26 bits per heavy atom. The number of aromatic amines is 1. The number of furan rings is 1. The minimum Gasteiger partial charge on any atom is -0.461 e. The van der Waals surface area contributed by atoms with Crippen LogP contribution in [0, 0.1) is 5.92 Å². The molecule has 0 aromatic carbocycles. The molecule has 0 aliphatic carbocycles. The number of piperidine rings is 1. The lowest BCUT2D eigenvalue weighted by molar-refractivity contribution is -0.121. The SMILES string of the molecule is CCNC(=NCc1nc(-c2ccco2)n[nH]1)N1CCC(CC(=O)NC)CC1. The molecular formula is C18H27N7O2. The van der Waals surface area contributed by atoms with E-state index in [1.165, 1.54) is 0 Å². The quantitative estimate of drug-likeness (QED) is 0.521. The van der Waals surface area contributed by atoms with Gasteiger partial charge in [-0.3, -0.25) is 9.89 Å². The van der Waals surface area contributed by atoms with E-state index in [2.05, 4.69) is 37.6 Å². The van der Waals surface area contributed by atoms with Crippen LogP contribution in [-0.4, -0.2) is 58.6 Å². The van der Waals surface area contributed by atoms with Gasteiger partial charge in [0.2, 0.25) is 11.7 Å². The van der Waals surface area contributed by atoms with Gasteiger partial charge in [-0.15, -0.1) is 5.10 Å². The van der Waals surface area contributed by atoms with Crippen LogP contribution in [0.25, 0.3) is 11.6 Å². The minimum absolute atomic E-state index is 0.117. The van der Waals surface area contributed by atoms with Crippen molar-refractivity contribution in [2.75, 3.05) is 26.7 Å². The van der Waals surface area contributed by atoms with E-state index in [0.717, 1.165) is 38.4 Å². The second-order valence-corrected chi connectivity index (χ2v) is 6.56. The van der Waals surface area contributed by atoms with Gasteiger partial charge in [0.15, 0.2) is 11.7 Å². The molecule has 9 nitrogen and oxygen atoms in total. The molecule has 0 atom stereocenters. The lowest BCUT2D eigenvalue weighted by Gasteiger charge is -2.34. The number of rotatable bonds is 6. The Kier molecular flexibility index (Phi) is 6.45. The summed E-state index contributed by atoms with van der Waals surface area (Å²) in [5.74, 6) is 3.27. The molecule has 146 valence electrons. The Hall–Kier alpha value is -2.84. The number of carbonyl (C=O) groups excluding carboxylic acids is 1. The van der Waals surface area contributed by atoms with E-state index in [-0.39, 0.29) is 5.91 Å². The summed E-state index contributed by atoms with van der Waals surface area (Å²) in [7, 11) is 1.69. The zero-order valence-electron chi connectivity index (χ0n) is 15.9. The summed E-state index contributed by atoms with van der Waals surface area (Å²) in [5, 5.41) is 13.1. The van der Waals surface area contributed by atoms with Crippen molar-refractivity contribution in [3.63, 3.8) is 0 Å². The summed E-state index contributed by atoms with van der Waals surface area (Å²) in [5.41, 5.74) is 0. The zero-order valence-corrected chi connectivity index (χ0v) is 15.9. The van der Waals surface area contributed by atoms with E-state index >= 15 is 0 Å². The predicted molar refractivity (Wildman–Crippen MR) is 102 cm³/mol. The number of nitrogens with zero attached hydrogens (tertiary/aromatic N) is 4. The summed E-state index contributed by atoms with van der Waals surface area (Å²) >= 11 is 0. The molecule has 1 saturated heterocycles. The number of hydrogen-bond acceptors (Lipinski definition) is 5. The van der Waals surface area contributed by atoms with Crippen molar-refractivity contribution in [1.29, 1.82) is 0 Å². The van der Waals surface area contributed by atoms with Crippen molar-refractivity contribution in [1.82, 2.24) is 30.7 Å². The number of nitrogens with one attached hydrogen (secondary N) is 3. The fourth-order valence-electron chi connectivity index (χ4n) is 3.17. The highest BCUT2D eigenvalue weighted by atomic mass is 16.3. The molecule has 3 heterocycles. The molecule has 1 aliphatic heterocycles. The Morgan fingerprint density at radius 3 is 2.93 bits per heavy atom. The zero-order chi connectivity index (χ0) is 19.1. The number of amides is 1. The summed E-state index contributed by atoms with van der Waals surface area (Å²) in [6.07, 6.45) is 4.18. The molecule has 0 unspecified atom stereocenters. The molecule has 1 amide bonds. The Balaban J connectivity index is 1.58. The van der Waals surface area contributed by atoms with Gasteiger partial charge in [0.05, 0.1) is 6.26 Å². The number of hydrogen-bond donors (Lipinski definition) is 3. The number of aromatic nitrogens is 3. The van der Waals surface area contributed by atoms with Crippen LogP contribution in [0.5, 0.6) is 0 Å². The highest BCUT2D eigenvalue weighted by Crippen LogP contribution is 2.20. The van der Waals surface area contributed by atoms with Crippen LogP contribution in [0.4, 0.5) is 0 Å². The minimum atomic E-state index is 0.117. The second-order valence-electron chi connectivity index (χ2n) is 6.56. The van der Waals surface area contributed by atoms with Gasteiger partial charge in [-0.2, -0.15) is 0 Å². The van der Waals surface area contributed by atoms with Crippen molar-refractivity contribution < 1.29 is 9.21 Å². The summed E-state index contributed by atoms with van der Waals surface area (Å²) < 4.78 is 5.31. The molecule has 2 aromatic rings. The van der Waals surface area contributed by atoms with Crippen LogP contribution in [0.2, 0.25) is 0 Å². The van der Waals surface area contributed by atoms with Gasteiger partial charge in [0.25, 0.3) is 0 Å². The second kappa shape index (κ2) is 9.20. The van der Waals surface area contributed by atoms with Crippen LogP contribution in [-0.2, 0) is 11.3 Å². The van der Waals surface area contributed by atoms with Gasteiger partial charge >= 0.3 is 0 Å². The highest BCUT2D eigenvalue weighted by Gasteiger charge is 2.23. The lowest BCUT2D eigenvalue weighted by atomic mass is 9.93. The fraction of sp³-hybridized carbons (Fsp3) is 0.556. The lowest BCUT2D eigenvalue weighted by Crippen LogP contribution is -2.46. The first-order chi connectivity index (χ1) is 13.2.